The van der Waals surface area contributed by atoms with Crippen LogP contribution in [0.4, 0.5) is 5.69 Å². The number of carbonyl (C=O) groups is 3. The molecule has 3 amide bonds. The first-order valence-electron chi connectivity index (χ1n) is 19.9. The molecule has 5 heterocycles. The number of nitrogens with one attached hydrogen (secondary N) is 3. The fraction of sp³-hybridized carbons (Fsp3) is 0.356. The molecule has 8 rings (SSSR count). The molecular formula is C45H48N8O5. The average Bonchev–Trinajstić information content (AvgIpc) is 3.89. The Labute approximate surface area is 337 Å². The molecule has 2 saturated heterocycles. The molecule has 13 heteroatoms. The van der Waals surface area contributed by atoms with E-state index in [-0.39, 0.29) is 40.9 Å². The van der Waals surface area contributed by atoms with Gasteiger partial charge in [-0.2, -0.15) is 10.1 Å². The first-order chi connectivity index (χ1) is 27.9. The van der Waals surface area contributed by atoms with Crippen molar-refractivity contribution in [1.82, 2.24) is 36.0 Å². The molecular weight excluding hydrogens is 733 g/mol. The highest BCUT2D eigenvalue weighted by Gasteiger charge is 2.28. The Morgan fingerprint density at radius 2 is 1.71 bits per heavy atom. The average molecular weight is 781 g/mol. The number of nitrogens with zero attached hydrogens (tertiary/aromatic N) is 5. The lowest BCUT2D eigenvalue weighted by Gasteiger charge is -2.33. The van der Waals surface area contributed by atoms with Gasteiger partial charge in [0.15, 0.2) is 5.65 Å². The normalized spacial score (nSPS) is 17.0. The van der Waals surface area contributed by atoms with Gasteiger partial charge < -0.3 is 19.5 Å². The van der Waals surface area contributed by atoms with E-state index in [4.69, 9.17) is 14.2 Å². The zero-order valence-electron chi connectivity index (χ0n) is 33.5. The summed E-state index contributed by atoms with van der Waals surface area (Å²) in [6.45, 7) is 12.4. The van der Waals surface area contributed by atoms with Gasteiger partial charge in [-0.05, 0) is 97.7 Å². The summed E-state index contributed by atoms with van der Waals surface area (Å²) < 4.78 is 11.5. The van der Waals surface area contributed by atoms with Crippen molar-refractivity contribution in [1.29, 1.82) is 0 Å². The third-order valence-corrected chi connectivity index (χ3v) is 11.2. The van der Waals surface area contributed by atoms with E-state index in [1.54, 1.807) is 0 Å². The third kappa shape index (κ3) is 8.20. The lowest BCUT2D eigenvalue weighted by molar-refractivity contribution is -0.134. The summed E-state index contributed by atoms with van der Waals surface area (Å²) in [6.07, 6.45) is 4.85. The van der Waals surface area contributed by atoms with Crippen LogP contribution >= 0.6 is 0 Å². The van der Waals surface area contributed by atoms with Gasteiger partial charge in [0.05, 0.1) is 18.6 Å². The fourth-order valence-electron chi connectivity index (χ4n) is 7.79. The molecule has 13 nitrogen and oxygen atoms in total. The van der Waals surface area contributed by atoms with E-state index in [0.29, 0.717) is 36.9 Å². The Kier molecular flexibility index (Phi) is 10.5. The number of aromatic amines is 1. The number of hydrogen-bond acceptors (Lipinski definition) is 10. The number of anilines is 1. The zero-order valence-corrected chi connectivity index (χ0v) is 33.5. The summed E-state index contributed by atoms with van der Waals surface area (Å²) in [4.78, 5) is 48.1. The maximum Gasteiger partial charge on any atom is 0.293 e. The first kappa shape index (κ1) is 38.5. The summed E-state index contributed by atoms with van der Waals surface area (Å²) in [6, 6.07) is 24.3. The Hall–Kier alpha value is -6.37. The lowest BCUT2D eigenvalue weighted by atomic mass is 9.90. The van der Waals surface area contributed by atoms with Gasteiger partial charge in [-0.25, -0.2) is 4.98 Å². The van der Waals surface area contributed by atoms with Gasteiger partial charge in [-0.3, -0.25) is 24.8 Å². The molecule has 0 bridgehead atoms. The third-order valence-electron chi connectivity index (χ3n) is 11.2. The van der Waals surface area contributed by atoms with Gasteiger partial charge in [0.25, 0.3) is 11.7 Å². The summed E-state index contributed by atoms with van der Waals surface area (Å²) in [5.41, 5.74) is 8.29. The fourth-order valence-corrected chi connectivity index (χ4v) is 7.79. The Balaban J connectivity index is 0.865. The Morgan fingerprint density at radius 1 is 0.966 bits per heavy atom. The number of benzene rings is 3. The van der Waals surface area contributed by atoms with E-state index in [0.717, 1.165) is 76.1 Å². The van der Waals surface area contributed by atoms with E-state index in [9.17, 15) is 14.4 Å². The van der Waals surface area contributed by atoms with Crippen LogP contribution in [0.3, 0.4) is 0 Å². The number of fused-ring (bicyclic) bond motifs is 1. The lowest BCUT2D eigenvalue weighted by Crippen LogP contribution is -2.39. The van der Waals surface area contributed by atoms with Crippen molar-refractivity contribution in [2.45, 2.75) is 77.7 Å². The number of ether oxygens (including phenoxy) is 1. The molecule has 6 aromatic rings. The second-order valence-electron chi connectivity index (χ2n) is 16.5. The van der Waals surface area contributed by atoms with Crippen molar-refractivity contribution in [3.63, 3.8) is 0 Å². The largest absolute Gasteiger partial charge is 0.493 e. The smallest absolute Gasteiger partial charge is 0.293 e. The summed E-state index contributed by atoms with van der Waals surface area (Å²) >= 11 is 0. The van der Waals surface area contributed by atoms with Crippen LogP contribution in [0.2, 0.25) is 0 Å². The van der Waals surface area contributed by atoms with Gasteiger partial charge >= 0.3 is 0 Å². The number of pyridine rings is 1. The number of aryl methyl sites for hydroxylation is 1. The second kappa shape index (κ2) is 15.9. The molecule has 298 valence electrons. The van der Waals surface area contributed by atoms with Crippen molar-refractivity contribution in [3.8, 4) is 28.1 Å². The van der Waals surface area contributed by atoms with Crippen molar-refractivity contribution >= 4 is 34.4 Å². The van der Waals surface area contributed by atoms with Crippen LogP contribution in [-0.4, -0.2) is 62.7 Å². The van der Waals surface area contributed by atoms with E-state index < -0.39 is 0 Å². The summed E-state index contributed by atoms with van der Waals surface area (Å²) in [5.74, 6) is 0.581. The molecule has 0 radical (unpaired) electrons. The first-order valence-corrected chi connectivity index (χ1v) is 19.9. The molecule has 2 aliphatic heterocycles. The van der Waals surface area contributed by atoms with Crippen LogP contribution in [0, 0.1) is 12.8 Å². The molecule has 3 aromatic heterocycles. The Morgan fingerprint density at radius 3 is 2.40 bits per heavy atom. The van der Waals surface area contributed by atoms with Crippen molar-refractivity contribution in [2.24, 2.45) is 5.92 Å². The molecule has 3 N–H and O–H groups in total. The highest BCUT2D eigenvalue weighted by molar-refractivity contribution is 6.01. The van der Waals surface area contributed by atoms with E-state index >= 15 is 0 Å². The van der Waals surface area contributed by atoms with Crippen LogP contribution < -0.4 is 20.3 Å². The Bertz CT molecular complexity index is 2460. The number of H-pyrrole nitrogens is 1. The van der Waals surface area contributed by atoms with Crippen LogP contribution in [-0.2, 0) is 15.0 Å². The predicted molar refractivity (Wildman–Crippen MR) is 220 cm³/mol. The number of rotatable bonds is 10. The maximum atomic E-state index is 12.9. The molecule has 0 aliphatic carbocycles. The number of piperidine rings is 2. The van der Waals surface area contributed by atoms with Crippen molar-refractivity contribution < 1.29 is 23.6 Å². The molecule has 2 unspecified atom stereocenters. The standard InChI is InChI=1S/C45H48N8O5/c1-26-22-31(10-15-35(26)27(2)47-43(56)41-49-44(58-52-41)45(3,4)5)39-37-23-32(24-46-40(37)51-50-39)29-6-11-33(12-7-29)53-20-18-28(19-21-53)25-57-34-13-8-30(9-14-34)36-16-17-38(54)48-42(36)55/h6-15,22-24,27-28,36H,16-21,25H2,1-5H3,(H,47,56)(H,46,50,51)(H,48,54,55). The van der Waals surface area contributed by atoms with Gasteiger partial charge in [-0.1, -0.05) is 62.3 Å². The highest BCUT2D eigenvalue weighted by atomic mass is 16.5. The minimum absolute atomic E-state index is 0.0184. The van der Waals surface area contributed by atoms with E-state index in [1.165, 1.54) is 5.69 Å². The predicted octanol–water partition coefficient (Wildman–Crippen LogP) is 7.59. The zero-order chi connectivity index (χ0) is 40.6. The van der Waals surface area contributed by atoms with Gasteiger partial charge in [0.1, 0.15) is 11.4 Å². The van der Waals surface area contributed by atoms with E-state index in [2.05, 4.69) is 72.3 Å². The number of imide groups is 1. The minimum Gasteiger partial charge on any atom is -0.493 e. The molecule has 2 fully saturated rings. The molecule has 0 spiro atoms. The SMILES string of the molecule is Cc1cc(-c2n[nH]c3ncc(-c4ccc(N5CCC(COc6ccc(C7CCC(=O)NC7=O)cc6)CC5)cc4)cc23)ccc1C(C)NC(=O)c1noc(C(C)(C)C)n1. The molecule has 2 aliphatic rings. The number of amides is 3. The topological polar surface area (TPSA) is 168 Å². The van der Waals surface area contributed by atoms with Crippen molar-refractivity contribution in [2.75, 3.05) is 24.6 Å². The monoisotopic (exact) mass is 780 g/mol. The van der Waals surface area contributed by atoms with Crippen LogP contribution in [0.5, 0.6) is 5.75 Å². The quantitative estimate of drug-likeness (QED) is 0.118. The summed E-state index contributed by atoms with van der Waals surface area (Å²) in [7, 11) is 0. The number of aromatic nitrogens is 5. The minimum atomic E-state index is -0.388. The molecule has 0 saturated carbocycles. The van der Waals surface area contributed by atoms with Gasteiger partial charge in [-0.15, -0.1) is 0 Å². The van der Waals surface area contributed by atoms with Crippen LogP contribution in [0.15, 0.2) is 83.5 Å². The molecule has 2 atom stereocenters. The van der Waals surface area contributed by atoms with Crippen LogP contribution in [0.25, 0.3) is 33.4 Å². The molecule has 58 heavy (non-hydrogen) atoms. The highest BCUT2D eigenvalue weighted by Crippen LogP contribution is 2.33. The van der Waals surface area contributed by atoms with Gasteiger partial charge in [0, 0.05) is 53.3 Å². The number of carbonyl (C=O) groups excluding carboxylic acids is 3. The maximum absolute atomic E-state index is 12.9. The number of hydrogen-bond donors (Lipinski definition) is 3. The summed E-state index contributed by atoms with van der Waals surface area (Å²) in [5, 5.41) is 18.0. The van der Waals surface area contributed by atoms with Crippen molar-refractivity contribution in [3.05, 3.63) is 107 Å². The van der Waals surface area contributed by atoms with Gasteiger partial charge in [0.2, 0.25) is 17.7 Å². The second-order valence-corrected chi connectivity index (χ2v) is 16.5. The van der Waals surface area contributed by atoms with Crippen LogP contribution in [0.1, 0.15) is 98.5 Å². The van der Waals surface area contributed by atoms with E-state index in [1.807, 2.05) is 77.2 Å². The molecule has 3 aromatic carbocycles.